The number of nitrogens with one attached hydrogen (secondary N) is 1. The Bertz CT molecular complexity index is 747. The number of carbonyl (C=O) groups excluding carboxylic acids is 1. The average molecular weight is 346 g/mol. The van der Waals surface area contributed by atoms with E-state index in [0.29, 0.717) is 22.3 Å². The molecule has 1 amide bonds. The normalized spacial score (nSPS) is 26.5. The Morgan fingerprint density at radius 1 is 1.33 bits per heavy atom. The highest BCUT2D eigenvalue weighted by Crippen LogP contribution is 2.49. The van der Waals surface area contributed by atoms with Gasteiger partial charge in [-0.1, -0.05) is 18.0 Å². The number of fused-ring (bicyclic) bond motifs is 2. The van der Waals surface area contributed by atoms with Crippen LogP contribution in [0.4, 0.5) is 0 Å². The zero-order valence-corrected chi connectivity index (χ0v) is 14.3. The van der Waals surface area contributed by atoms with Crippen molar-refractivity contribution in [1.82, 2.24) is 25.1 Å². The van der Waals surface area contributed by atoms with Crippen molar-refractivity contribution in [3.05, 3.63) is 35.5 Å². The molecular formula is C17H20ClN5O. The minimum Gasteiger partial charge on any atom is -0.349 e. The molecule has 4 unspecified atom stereocenters. The van der Waals surface area contributed by atoms with Crippen LogP contribution in [0, 0.1) is 17.8 Å². The van der Waals surface area contributed by atoms with E-state index < -0.39 is 0 Å². The van der Waals surface area contributed by atoms with Gasteiger partial charge in [0.25, 0.3) is 5.91 Å². The lowest BCUT2D eigenvalue weighted by Crippen LogP contribution is -2.40. The molecule has 4 atom stereocenters. The highest BCUT2D eigenvalue weighted by Gasteiger charge is 2.42. The van der Waals surface area contributed by atoms with Crippen molar-refractivity contribution in [3.8, 4) is 5.82 Å². The van der Waals surface area contributed by atoms with Crippen LogP contribution < -0.4 is 5.32 Å². The summed E-state index contributed by atoms with van der Waals surface area (Å²) in [6.07, 6.45) is 9.85. The van der Waals surface area contributed by atoms with Crippen LogP contribution in [-0.4, -0.2) is 31.7 Å². The zero-order chi connectivity index (χ0) is 16.7. The number of hydrogen-bond acceptors (Lipinski definition) is 4. The maximum Gasteiger partial charge on any atom is 0.253 e. The summed E-state index contributed by atoms with van der Waals surface area (Å²) in [5.74, 6) is 2.66. The number of halogens is 1. The van der Waals surface area contributed by atoms with Crippen molar-refractivity contribution in [2.24, 2.45) is 17.8 Å². The molecule has 2 saturated carbocycles. The summed E-state index contributed by atoms with van der Waals surface area (Å²) in [6, 6.07) is 1.83. The molecule has 2 aromatic heterocycles. The molecule has 24 heavy (non-hydrogen) atoms. The molecule has 2 aromatic rings. The molecule has 126 valence electrons. The maximum atomic E-state index is 12.5. The van der Waals surface area contributed by atoms with E-state index in [1.165, 1.54) is 38.3 Å². The van der Waals surface area contributed by atoms with E-state index >= 15 is 0 Å². The minimum absolute atomic E-state index is 0.116. The molecule has 7 heteroatoms. The van der Waals surface area contributed by atoms with Crippen molar-refractivity contribution in [2.75, 3.05) is 0 Å². The fraction of sp³-hybridized carbons (Fsp3) is 0.529. The van der Waals surface area contributed by atoms with Crippen LogP contribution in [0.1, 0.15) is 43.0 Å². The molecule has 2 aliphatic rings. The largest absolute Gasteiger partial charge is 0.349 e. The van der Waals surface area contributed by atoms with Gasteiger partial charge in [0.1, 0.15) is 12.7 Å². The summed E-state index contributed by atoms with van der Waals surface area (Å²) >= 11 is 6.26. The first-order valence-electron chi connectivity index (χ1n) is 8.43. The molecule has 0 spiro atoms. The number of pyridine rings is 1. The fourth-order valence-corrected chi connectivity index (χ4v) is 4.62. The molecule has 6 nitrogen and oxygen atoms in total. The number of nitrogens with zero attached hydrogens (tertiary/aromatic N) is 4. The van der Waals surface area contributed by atoms with Crippen molar-refractivity contribution in [2.45, 2.75) is 38.6 Å². The van der Waals surface area contributed by atoms with Gasteiger partial charge in [0.2, 0.25) is 0 Å². The van der Waals surface area contributed by atoms with Gasteiger partial charge in [-0.05, 0) is 50.0 Å². The number of carbonyl (C=O) groups is 1. The SMILES string of the molecule is CC(NC(=O)c1cnc(-n2cnnc2)c(Cl)c1)C1CC2CCC1C2. The smallest absolute Gasteiger partial charge is 0.253 e. The maximum absolute atomic E-state index is 12.5. The Balaban J connectivity index is 1.45. The van der Waals surface area contributed by atoms with Crippen LogP contribution in [-0.2, 0) is 0 Å². The highest BCUT2D eigenvalue weighted by molar-refractivity contribution is 6.32. The predicted molar refractivity (Wildman–Crippen MR) is 90.0 cm³/mol. The van der Waals surface area contributed by atoms with Gasteiger partial charge in [-0.15, -0.1) is 10.2 Å². The topological polar surface area (TPSA) is 72.7 Å². The average Bonchev–Trinajstić information content (AvgIpc) is 3.32. The van der Waals surface area contributed by atoms with Crippen LogP contribution in [0.25, 0.3) is 5.82 Å². The third-order valence-corrected chi connectivity index (χ3v) is 5.82. The van der Waals surface area contributed by atoms with E-state index in [2.05, 4.69) is 27.4 Å². The van der Waals surface area contributed by atoms with Crippen molar-refractivity contribution >= 4 is 17.5 Å². The number of amides is 1. The number of hydrogen-bond donors (Lipinski definition) is 1. The third kappa shape index (κ3) is 2.79. The third-order valence-electron chi connectivity index (χ3n) is 5.54. The summed E-state index contributed by atoms with van der Waals surface area (Å²) in [4.78, 5) is 16.8. The van der Waals surface area contributed by atoms with Gasteiger partial charge in [0.05, 0.1) is 10.6 Å². The van der Waals surface area contributed by atoms with Crippen LogP contribution >= 0.6 is 11.6 Å². The molecule has 2 bridgehead atoms. The summed E-state index contributed by atoms with van der Waals surface area (Å²) in [5.41, 5.74) is 0.479. The Kier molecular flexibility index (Phi) is 4.00. The lowest BCUT2D eigenvalue weighted by atomic mass is 9.84. The first-order valence-corrected chi connectivity index (χ1v) is 8.81. The zero-order valence-electron chi connectivity index (χ0n) is 13.5. The van der Waals surface area contributed by atoms with E-state index in [0.717, 1.165) is 11.8 Å². The molecule has 0 saturated heterocycles. The molecule has 0 aromatic carbocycles. The van der Waals surface area contributed by atoms with Crippen molar-refractivity contribution in [1.29, 1.82) is 0 Å². The van der Waals surface area contributed by atoms with Gasteiger partial charge in [-0.2, -0.15) is 0 Å². The Labute approximate surface area is 145 Å². The van der Waals surface area contributed by atoms with Crippen LogP contribution in [0.5, 0.6) is 0 Å². The standard InChI is InChI=1S/C17H20ClN5O/c1-10(14-5-11-2-3-12(14)4-11)22-17(24)13-6-15(18)16(19-7-13)23-8-20-21-9-23/h6-12,14H,2-5H2,1H3,(H,22,24). The van der Waals surface area contributed by atoms with Gasteiger partial charge >= 0.3 is 0 Å². The molecule has 1 N–H and O–H groups in total. The lowest BCUT2D eigenvalue weighted by Gasteiger charge is -2.28. The lowest BCUT2D eigenvalue weighted by molar-refractivity contribution is 0.0915. The van der Waals surface area contributed by atoms with Gasteiger partial charge in [0.15, 0.2) is 5.82 Å². The molecule has 2 aliphatic carbocycles. The van der Waals surface area contributed by atoms with E-state index in [-0.39, 0.29) is 11.9 Å². The molecule has 0 aliphatic heterocycles. The fourth-order valence-electron chi connectivity index (χ4n) is 4.36. The van der Waals surface area contributed by atoms with E-state index in [4.69, 9.17) is 11.6 Å². The second-order valence-electron chi connectivity index (χ2n) is 7.00. The number of aromatic nitrogens is 4. The summed E-state index contributed by atoms with van der Waals surface area (Å²) in [7, 11) is 0. The van der Waals surface area contributed by atoms with Gasteiger partial charge < -0.3 is 5.32 Å². The molecule has 2 heterocycles. The van der Waals surface area contributed by atoms with E-state index in [9.17, 15) is 4.79 Å². The minimum atomic E-state index is -0.116. The Morgan fingerprint density at radius 3 is 2.75 bits per heavy atom. The van der Waals surface area contributed by atoms with E-state index in [1.807, 2.05) is 0 Å². The van der Waals surface area contributed by atoms with Gasteiger partial charge in [0, 0.05) is 12.2 Å². The van der Waals surface area contributed by atoms with Crippen molar-refractivity contribution in [3.63, 3.8) is 0 Å². The molecule has 2 fully saturated rings. The Morgan fingerprint density at radius 2 is 2.12 bits per heavy atom. The van der Waals surface area contributed by atoms with Crippen LogP contribution in [0.3, 0.4) is 0 Å². The molecule has 4 rings (SSSR count). The summed E-state index contributed by atoms with van der Waals surface area (Å²) in [6.45, 7) is 2.11. The second kappa shape index (κ2) is 6.16. The summed E-state index contributed by atoms with van der Waals surface area (Å²) < 4.78 is 1.61. The Hall–Kier alpha value is -1.95. The highest BCUT2D eigenvalue weighted by atomic mass is 35.5. The first kappa shape index (κ1) is 15.6. The molecular weight excluding hydrogens is 326 g/mol. The monoisotopic (exact) mass is 345 g/mol. The van der Waals surface area contributed by atoms with Crippen LogP contribution in [0.15, 0.2) is 24.9 Å². The summed E-state index contributed by atoms with van der Waals surface area (Å²) in [5, 5.41) is 11.0. The quantitative estimate of drug-likeness (QED) is 0.924. The van der Waals surface area contributed by atoms with Crippen molar-refractivity contribution < 1.29 is 4.79 Å². The first-order chi connectivity index (χ1) is 11.6. The van der Waals surface area contributed by atoms with Crippen LogP contribution in [0.2, 0.25) is 5.02 Å². The van der Waals surface area contributed by atoms with Gasteiger partial charge in [-0.3, -0.25) is 9.36 Å². The predicted octanol–water partition coefficient (Wildman–Crippen LogP) is 2.87. The van der Waals surface area contributed by atoms with E-state index in [1.54, 1.807) is 16.8 Å². The second-order valence-corrected chi connectivity index (χ2v) is 7.41. The number of rotatable bonds is 4. The molecule has 0 radical (unpaired) electrons. The van der Waals surface area contributed by atoms with Gasteiger partial charge in [-0.25, -0.2) is 4.98 Å².